The van der Waals surface area contributed by atoms with Crippen LogP contribution in [0.3, 0.4) is 0 Å². The highest BCUT2D eigenvalue weighted by Gasteiger charge is 2.37. The Morgan fingerprint density at radius 2 is 0.950 bits per heavy atom. The van der Waals surface area contributed by atoms with E-state index in [1.807, 2.05) is 6.92 Å². The molecule has 2 N–H and O–H groups in total. The average molecular weight is 851 g/mol. The van der Waals surface area contributed by atoms with Gasteiger partial charge in [0.05, 0.1) is 37.6 Å². The lowest BCUT2D eigenvalue weighted by atomic mass is 9.96. The van der Waals surface area contributed by atoms with Crippen molar-refractivity contribution in [3.8, 4) is 0 Å². The summed E-state index contributed by atoms with van der Waals surface area (Å²) in [6, 6.07) is 0. The molecule has 60 heavy (non-hydrogen) atoms. The SMILES string of the molecule is C=CC(=O)OC(CCCCCCCC)C(O)CC(OC(=O)C=C)C(O)CCCCCCC(=O)OCC(C)COC(=O)CCCCCCCCC1OC1CCCCCCCC. The van der Waals surface area contributed by atoms with E-state index in [1.165, 1.54) is 70.6 Å². The highest BCUT2D eigenvalue weighted by molar-refractivity contribution is 5.81. The van der Waals surface area contributed by atoms with Crippen LogP contribution in [0.2, 0.25) is 0 Å². The third-order valence-electron chi connectivity index (χ3n) is 11.4. The maximum absolute atomic E-state index is 12.3. The molecule has 1 aliphatic heterocycles. The Bertz CT molecular complexity index is 1140. The van der Waals surface area contributed by atoms with Crippen LogP contribution in [0.25, 0.3) is 0 Å². The van der Waals surface area contributed by atoms with Gasteiger partial charge in [-0.2, -0.15) is 0 Å². The van der Waals surface area contributed by atoms with Crippen LogP contribution in [-0.2, 0) is 42.9 Å². The Balaban J connectivity index is 2.17. The zero-order chi connectivity index (χ0) is 44.2. The fourth-order valence-electron chi connectivity index (χ4n) is 7.48. The number of rotatable bonds is 42. The highest BCUT2D eigenvalue weighted by Crippen LogP contribution is 2.32. The van der Waals surface area contributed by atoms with Gasteiger partial charge in [0.1, 0.15) is 12.2 Å². The van der Waals surface area contributed by atoms with Gasteiger partial charge in [-0.15, -0.1) is 0 Å². The highest BCUT2D eigenvalue weighted by atomic mass is 16.6. The lowest BCUT2D eigenvalue weighted by molar-refractivity contribution is -0.159. The van der Waals surface area contributed by atoms with E-state index in [9.17, 15) is 29.4 Å². The first-order valence-corrected chi connectivity index (χ1v) is 24.0. The smallest absolute Gasteiger partial charge is 0.330 e. The van der Waals surface area contributed by atoms with E-state index in [2.05, 4.69) is 27.0 Å². The van der Waals surface area contributed by atoms with Crippen molar-refractivity contribution in [1.82, 2.24) is 0 Å². The average Bonchev–Trinajstić information content (AvgIpc) is 4.00. The van der Waals surface area contributed by atoms with Crippen molar-refractivity contribution in [2.75, 3.05) is 13.2 Å². The number of unbranched alkanes of at least 4 members (excludes halogenated alkanes) is 18. The Morgan fingerprint density at radius 3 is 1.42 bits per heavy atom. The molecule has 0 amide bonds. The second-order valence-electron chi connectivity index (χ2n) is 17.1. The van der Waals surface area contributed by atoms with Gasteiger partial charge in [-0.1, -0.05) is 156 Å². The molecule has 11 nitrogen and oxygen atoms in total. The van der Waals surface area contributed by atoms with Gasteiger partial charge in [0.15, 0.2) is 0 Å². The van der Waals surface area contributed by atoms with Gasteiger partial charge in [-0.05, 0) is 44.9 Å². The summed E-state index contributed by atoms with van der Waals surface area (Å²) in [7, 11) is 0. The molecule has 1 aliphatic rings. The molecule has 7 unspecified atom stereocenters. The van der Waals surface area contributed by atoms with Gasteiger partial charge >= 0.3 is 23.9 Å². The molecule has 0 aromatic heterocycles. The van der Waals surface area contributed by atoms with Crippen LogP contribution in [0.5, 0.6) is 0 Å². The lowest BCUT2D eigenvalue weighted by Crippen LogP contribution is -2.39. The quantitative estimate of drug-likeness (QED) is 0.0198. The molecule has 1 rings (SSSR count). The van der Waals surface area contributed by atoms with E-state index in [0.29, 0.717) is 44.3 Å². The summed E-state index contributed by atoms with van der Waals surface area (Å²) in [5.74, 6) is -1.96. The lowest BCUT2D eigenvalue weighted by Gasteiger charge is -2.29. The minimum Gasteiger partial charge on any atom is -0.465 e. The van der Waals surface area contributed by atoms with E-state index in [4.69, 9.17) is 23.7 Å². The van der Waals surface area contributed by atoms with Crippen molar-refractivity contribution in [1.29, 1.82) is 0 Å². The standard InChI is InChI=1S/C49H86O11/c1-6-10-12-14-18-25-31-42(59-46(52)8-3)41(51)36-45(60-47(53)9-4)40(50)30-24-22-23-29-35-49(55)57-38-39(5)37-56-48(54)34-28-21-17-16-20-27-33-44-43(58-44)32-26-19-15-13-11-7-2/h8-9,39-45,50-51H,3-4,6-7,10-38H2,1-2,5H3. The molecule has 0 aliphatic carbocycles. The second kappa shape index (κ2) is 36.9. The normalized spacial score (nSPS) is 17.1. The molecule has 0 spiro atoms. The molecule has 0 aromatic rings. The number of epoxide rings is 1. The number of hydrogen-bond acceptors (Lipinski definition) is 11. The molecular weight excluding hydrogens is 765 g/mol. The number of aliphatic hydroxyl groups is 2. The number of ether oxygens (including phenoxy) is 5. The molecule has 0 aromatic carbocycles. The monoisotopic (exact) mass is 851 g/mol. The van der Waals surface area contributed by atoms with Crippen LogP contribution in [0.4, 0.5) is 0 Å². The Labute approximate surface area is 364 Å². The Morgan fingerprint density at radius 1 is 0.550 bits per heavy atom. The molecule has 11 heteroatoms. The first-order chi connectivity index (χ1) is 29.0. The molecule has 7 atom stereocenters. The first kappa shape index (κ1) is 55.3. The summed E-state index contributed by atoms with van der Waals surface area (Å²) in [6.07, 6.45) is 26.3. The maximum Gasteiger partial charge on any atom is 0.330 e. The summed E-state index contributed by atoms with van der Waals surface area (Å²) < 4.78 is 27.5. The van der Waals surface area contributed by atoms with E-state index < -0.39 is 36.4 Å². The molecule has 0 saturated carbocycles. The minimum atomic E-state index is -1.15. The van der Waals surface area contributed by atoms with Crippen molar-refractivity contribution in [3.63, 3.8) is 0 Å². The molecule has 348 valence electrons. The third kappa shape index (κ3) is 30.3. The summed E-state index contributed by atoms with van der Waals surface area (Å²) >= 11 is 0. The number of carbonyl (C=O) groups is 4. The Kier molecular flexibility index (Phi) is 33.9. The second-order valence-corrected chi connectivity index (χ2v) is 17.1. The predicted molar refractivity (Wildman–Crippen MR) is 237 cm³/mol. The largest absolute Gasteiger partial charge is 0.465 e. The van der Waals surface area contributed by atoms with Crippen LogP contribution in [0.15, 0.2) is 25.3 Å². The van der Waals surface area contributed by atoms with Gasteiger partial charge in [-0.3, -0.25) is 9.59 Å². The molecule has 1 fully saturated rings. The summed E-state index contributed by atoms with van der Waals surface area (Å²) in [6.45, 7) is 13.6. The van der Waals surface area contributed by atoms with Gasteiger partial charge in [0.25, 0.3) is 0 Å². The number of aliphatic hydroxyl groups excluding tert-OH is 2. The third-order valence-corrected chi connectivity index (χ3v) is 11.4. The van der Waals surface area contributed by atoms with Crippen LogP contribution in [0.1, 0.15) is 207 Å². The predicted octanol–water partition coefficient (Wildman–Crippen LogP) is 10.7. The minimum absolute atomic E-state index is 0.0956. The fraction of sp³-hybridized carbons (Fsp3) is 0.837. The fourth-order valence-corrected chi connectivity index (χ4v) is 7.48. The van der Waals surface area contributed by atoms with Gasteiger partial charge in [0, 0.05) is 37.3 Å². The van der Waals surface area contributed by atoms with Crippen molar-refractivity contribution >= 4 is 23.9 Å². The first-order valence-electron chi connectivity index (χ1n) is 24.0. The Hall–Kier alpha value is -2.76. The van der Waals surface area contributed by atoms with Crippen LogP contribution < -0.4 is 0 Å². The topological polar surface area (TPSA) is 158 Å². The van der Waals surface area contributed by atoms with E-state index in [1.54, 1.807) is 0 Å². The number of esters is 4. The van der Waals surface area contributed by atoms with Crippen LogP contribution >= 0.6 is 0 Å². The van der Waals surface area contributed by atoms with E-state index >= 15 is 0 Å². The van der Waals surface area contributed by atoms with Crippen molar-refractivity contribution in [3.05, 3.63) is 25.3 Å². The maximum atomic E-state index is 12.3. The van der Waals surface area contributed by atoms with Crippen molar-refractivity contribution in [2.24, 2.45) is 5.92 Å². The van der Waals surface area contributed by atoms with E-state index in [0.717, 1.165) is 82.8 Å². The summed E-state index contributed by atoms with van der Waals surface area (Å²) in [5, 5.41) is 22.0. The zero-order valence-corrected chi connectivity index (χ0v) is 38.1. The summed E-state index contributed by atoms with van der Waals surface area (Å²) in [5.41, 5.74) is 0. The number of carbonyl (C=O) groups excluding carboxylic acids is 4. The van der Waals surface area contributed by atoms with Crippen molar-refractivity contribution in [2.45, 2.75) is 244 Å². The molecule has 0 radical (unpaired) electrons. The molecule has 0 bridgehead atoms. The van der Waals surface area contributed by atoms with Gasteiger partial charge in [-0.25, -0.2) is 9.59 Å². The van der Waals surface area contributed by atoms with Gasteiger partial charge in [0.2, 0.25) is 0 Å². The van der Waals surface area contributed by atoms with E-state index in [-0.39, 0.29) is 43.9 Å². The summed E-state index contributed by atoms with van der Waals surface area (Å²) in [4.78, 5) is 48.6. The molecule has 1 heterocycles. The van der Waals surface area contributed by atoms with Gasteiger partial charge < -0.3 is 33.9 Å². The number of hydrogen-bond donors (Lipinski definition) is 2. The zero-order valence-electron chi connectivity index (χ0n) is 38.1. The van der Waals surface area contributed by atoms with Crippen molar-refractivity contribution < 1.29 is 53.1 Å². The van der Waals surface area contributed by atoms with Crippen LogP contribution in [-0.4, -0.2) is 83.9 Å². The molecule has 1 saturated heterocycles. The van der Waals surface area contributed by atoms with Crippen LogP contribution in [0, 0.1) is 5.92 Å². The molecular formula is C49H86O11.